The standard InChI is InChI=1S/C11H18N2O5/c1-13-7-8(18-11(13)16)5-6-12-9(14)3-4-10(15)17-2/h8H,3-7H2,1-2H3,(H,12,14). The number of amides is 2. The van der Waals surface area contributed by atoms with E-state index in [1.54, 1.807) is 7.05 Å². The van der Waals surface area contributed by atoms with Crippen LogP contribution in [0.5, 0.6) is 0 Å². The molecule has 0 radical (unpaired) electrons. The molecule has 0 bridgehead atoms. The molecule has 0 aromatic rings. The number of nitrogens with zero attached hydrogens (tertiary/aromatic N) is 1. The third kappa shape index (κ3) is 4.60. The summed E-state index contributed by atoms with van der Waals surface area (Å²) in [6.45, 7) is 0.961. The van der Waals surface area contributed by atoms with Crippen molar-refractivity contribution in [2.75, 3.05) is 27.2 Å². The van der Waals surface area contributed by atoms with Crippen molar-refractivity contribution in [3.8, 4) is 0 Å². The number of hydrogen-bond acceptors (Lipinski definition) is 5. The second kappa shape index (κ2) is 6.83. The van der Waals surface area contributed by atoms with Crippen LogP contribution in [0.2, 0.25) is 0 Å². The van der Waals surface area contributed by atoms with Crippen molar-refractivity contribution in [3.05, 3.63) is 0 Å². The number of carbonyl (C=O) groups is 3. The van der Waals surface area contributed by atoms with Gasteiger partial charge in [-0.15, -0.1) is 0 Å². The molecule has 7 nitrogen and oxygen atoms in total. The third-order valence-electron chi connectivity index (χ3n) is 2.63. The summed E-state index contributed by atoms with van der Waals surface area (Å²) in [5, 5.41) is 2.66. The van der Waals surface area contributed by atoms with Crippen LogP contribution in [-0.4, -0.2) is 56.2 Å². The molecule has 102 valence electrons. The summed E-state index contributed by atoms with van der Waals surface area (Å²) in [5.74, 6) is -0.616. The van der Waals surface area contributed by atoms with Gasteiger partial charge < -0.3 is 19.7 Å². The van der Waals surface area contributed by atoms with Crippen LogP contribution in [0.15, 0.2) is 0 Å². The zero-order valence-electron chi connectivity index (χ0n) is 10.6. The quantitative estimate of drug-likeness (QED) is 0.672. The first kappa shape index (κ1) is 14.3. The Hall–Kier alpha value is -1.79. The van der Waals surface area contributed by atoms with Gasteiger partial charge in [-0.2, -0.15) is 0 Å². The molecule has 0 saturated carbocycles. The van der Waals surface area contributed by atoms with E-state index in [9.17, 15) is 14.4 Å². The highest BCUT2D eigenvalue weighted by Crippen LogP contribution is 2.11. The molecule has 0 aliphatic carbocycles. The van der Waals surface area contributed by atoms with Crippen LogP contribution >= 0.6 is 0 Å². The van der Waals surface area contributed by atoms with Gasteiger partial charge >= 0.3 is 12.1 Å². The minimum Gasteiger partial charge on any atom is -0.469 e. The van der Waals surface area contributed by atoms with E-state index in [1.165, 1.54) is 12.0 Å². The van der Waals surface area contributed by atoms with Gasteiger partial charge in [0.15, 0.2) is 0 Å². The summed E-state index contributed by atoms with van der Waals surface area (Å²) < 4.78 is 9.46. The molecule has 2 amide bonds. The lowest BCUT2D eigenvalue weighted by molar-refractivity contribution is -0.142. The van der Waals surface area contributed by atoms with Crippen LogP contribution in [0.25, 0.3) is 0 Å². The Kier molecular flexibility index (Phi) is 5.41. The van der Waals surface area contributed by atoms with Crippen LogP contribution in [0.3, 0.4) is 0 Å². The molecule has 1 saturated heterocycles. The van der Waals surface area contributed by atoms with Crippen LogP contribution in [0, 0.1) is 0 Å². The molecular formula is C11H18N2O5. The van der Waals surface area contributed by atoms with Gasteiger partial charge in [-0.05, 0) is 0 Å². The maximum atomic E-state index is 11.3. The van der Waals surface area contributed by atoms with E-state index in [2.05, 4.69) is 10.1 Å². The van der Waals surface area contributed by atoms with Gasteiger partial charge in [-0.1, -0.05) is 0 Å². The molecule has 1 aliphatic rings. The summed E-state index contributed by atoms with van der Waals surface area (Å²) in [5.41, 5.74) is 0. The lowest BCUT2D eigenvalue weighted by atomic mass is 10.2. The molecule has 1 unspecified atom stereocenters. The highest BCUT2D eigenvalue weighted by molar-refractivity contribution is 5.81. The SMILES string of the molecule is COC(=O)CCC(=O)NCCC1CN(C)C(=O)O1. The summed E-state index contributed by atoms with van der Waals surface area (Å²) in [6, 6.07) is 0. The Balaban J connectivity index is 2.09. The van der Waals surface area contributed by atoms with Crippen molar-refractivity contribution in [2.45, 2.75) is 25.4 Å². The van der Waals surface area contributed by atoms with Crippen LogP contribution in [0.4, 0.5) is 4.79 Å². The lowest BCUT2D eigenvalue weighted by Crippen LogP contribution is -2.28. The number of esters is 1. The average Bonchev–Trinajstić information content (AvgIpc) is 2.65. The predicted molar refractivity (Wildman–Crippen MR) is 61.8 cm³/mol. The second-order valence-corrected chi connectivity index (χ2v) is 4.10. The van der Waals surface area contributed by atoms with E-state index in [0.717, 1.165) is 0 Å². The molecular weight excluding hydrogens is 240 g/mol. The topological polar surface area (TPSA) is 84.9 Å². The van der Waals surface area contributed by atoms with E-state index >= 15 is 0 Å². The number of likely N-dealkylation sites (N-methyl/N-ethyl adjacent to an activating group) is 1. The van der Waals surface area contributed by atoms with E-state index in [4.69, 9.17) is 4.74 Å². The second-order valence-electron chi connectivity index (χ2n) is 4.10. The number of carbonyl (C=O) groups excluding carboxylic acids is 3. The van der Waals surface area contributed by atoms with Crippen molar-refractivity contribution in [3.63, 3.8) is 0 Å². The van der Waals surface area contributed by atoms with Crippen molar-refractivity contribution < 1.29 is 23.9 Å². The molecule has 1 heterocycles. The maximum Gasteiger partial charge on any atom is 0.409 e. The van der Waals surface area contributed by atoms with Gasteiger partial charge in [0.2, 0.25) is 5.91 Å². The fourth-order valence-electron chi connectivity index (χ4n) is 1.58. The van der Waals surface area contributed by atoms with Crippen LogP contribution < -0.4 is 5.32 Å². The molecule has 1 aliphatic heterocycles. The zero-order valence-corrected chi connectivity index (χ0v) is 10.6. The lowest BCUT2D eigenvalue weighted by Gasteiger charge is -2.08. The van der Waals surface area contributed by atoms with Crippen molar-refractivity contribution in [1.82, 2.24) is 10.2 Å². The van der Waals surface area contributed by atoms with E-state index < -0.39 is 5.97 Å². The Morgan fingerprint density at radius 2 is 2.22 bits per heavy atom. The Morgan fingerprint density at radius 1 is 1.50 bits per heavy atom. The van der Waals surface area contributed by atoms with Gasteiger partial charge in [0.05, 0.1) is 20.1 Å². The number of nitrogens with one attached hydrogen (secondary N) is 1. The Labute approximate surface area is 105 Å². The number of hydrogen-bond donors (Lipinski definition) is 1. The molecule has 0 aromatic carbocycles. The Morgan fingerprint density at radius 3 is 2.78 bits per heavy atom. The molecule has 1 atom stereocenters. The fraction of sp³-hybridized carbons (Fsp3) is 0.727. The first-order valence-electron chi connectivity index (χ1n) is 5.78. The molecule has 0 aromatic heterocycles. The number of ether oxygens (including phenoxy) is 2. The first-order valence-corrected chi connectivity index (χ1v) is 5.78. The van der Waals surface area contributed by atoms with Crippen molar-refractivity contribution >= 4 is 18.0 Å². The normalized spacial score (nSPS) is 18.4. The molecule has 1 rings (SSSR count). The summed E-state index contributed by atoms with van der Waals surface area (Å²) >= 11 is 0. The van der Waals surface area contributed by atoms with E-state index in [1.807, 2.05) is 0 Å². The van der Waals surface area contributed by atoms with Gasteiger partial charge in [-0.25, -0.2) is 4.79 Å². The number of cyclic esters (lactones) is 1. The summed E-state index contributed by atoms with van der Waals surface area (Å²) in [4.78, 5) is 34.7. The van der Waals surface area contributed by atoms with Crippen molar-refractivity contribution in [1.29, 1.82) is 0 Å². The average molecular weight is 258 g/mol. The molecule has 1 N–H and O–H groups in total. The maximum absolute atomic E-state index is 11.3. The minimum atomic E-state index is -0.406. The highest BCUT2D eigenvalue weighted by Gasteiger charge is 2.27. The van der Waals surface area contributed by atoms with Crippen LogP contribution in [0.1, 0.15) is 19.3 Å². The van der Waals surface area contributed by atoms with E-state index in [-0.39, 0.29) is 30.9 Å². The highest BCUT2D eigenvalue weighted by atomic mass is 16.6. The number of methoxy groups -OCH3 is 1. The monoisotopic (exact) mass is 258 g/mol. The summed E-state index contributed by atoms with van der Waals surface area (Å²) in [7, 11) is 2.95. The van der Waals surface area contributed by atoms with E-state index in [0.29, 0.717) is 19.5 Å². The number of rotatable bonds is 6. The smallest absolute Gasteiger partial charge is 0.409 e. The Bertz CT molecular complexity index is 331. The van der Waals surface area contributed by atoms with Crippen molar-refractivity contribution in [2.24, 2.45) is 0 Å². The largest absolute Gasteiger partial charge is 0.469 e. The van der Waals surface area contributed by atoms with Gasteiger partial charge in [0.1, 0.15) is 6.10 Å². The van der Waals surface area contributed by atoms with Gasteiger partial charge in [0.25, 0.3) is 0 Å². The minimum absolute atomic E-state index is 0.0729. The first-order chi connectivity index (χ1) is 8.52. The summed E-state index contributed by atoms with van der Waals surface area (Å²) in [6.07, 6.45) is 0.237. The molecule has 0 spiro atoms. The van der Waals surface area contributed by atoms with Crippen LogP contribution in [-0.2, 0) is 19.1 Å². The molecule has 1 fully saturated rings. The zero-order chi connectivity index (χ0) is 13.5. The third-order valence-corrected chi connectivity index (χ3v) is 2.63. The predicted octanol–water partition coefficient (Wildman–Crippen LogP) is -0.103. The molecule has 7 heteroatoms. The molecule has 18 heavy (non-hydrogen) atoms. The van der Waals surface area contributed by atoms with Gasteiger partial charge in [-0.3, -0.25) is 9.59 Å². The van der Waals surface area contributed by atoms with Gasteiger partial charge in [0, 0.05) is 26.4 Å². The fourth-order valence-corrected chi connectivity index (χ4v) is 1.58.